The molecule has 5 nitrogen and oxygen atoms in total. The van der Waals surface area contributed by atoms with E-state index >= 15 is 0 Å². The first-order valence-corrected chi connectivity index (χ1v) is 4.84. The SMILES string of the molecule is CCC1CCN1n1ccc(C(N)=O)n1. The Hall–Kier alpha value is -1.52. The zero-order valence-electron chi connectivity index (χ0n) is 8.18. The predicted molar refractivity (Wildman–Crippen MR) is 52.5 cm³/mol. The molecule has 1 aliphatic heterocycles. The molecular formula is C9H14N4O. The fourth-order valence-corrected chi connectivity index (χ4v) is 1.70. The second-order valence-electron chi connectivity index (χ2n) is 3.50. The van der Waals surface area contributed by atoms with E-state index in [1.807, 2.05) is 0 Å². The van der Waals surface area contributed by atoms with E-state index in [-0.39, 0.29) is 0 Å². The lowest BCUT2D eigenvalue weighted by Crippen LogP contribution is -2.54. The molecule has 14 heavy (non-hydrogen) atoms. The summed E-state index contributed by atoms with van der Waals surface area (Å²) in [5.74, 6) is -0.475. The van der Waals surface area contributed by atoms with E-state index in [9.17, 15) is 4.79 Å². The standard InChI is InChI=1S/C9H14N4O/c1-2-7-3-5-12(7)13-6-4-8(11-13)9(10)14/h4,6-7H,2-3,5H2,1H3,(H2,10,14). The van der Waals surface area contributed by atoms with Gasteiger partial charge in [-0.05, 0) is 18.9 Å². The molecule has 1 aliphatic rings. The van der Waals surface area contributed by atoms with Gasteiger partial charge in [0.05, 0.1) is 0 Å². The van der Waals surface area contributed by atoms with Crippen LogP contribution in [0.5, 0.6) is 0 Å². The van der Waals surface area contributed by atoms with Gasteiger partial charge in [-0.1, -0.05) is 6.92 Å². The van der Waals surface area contributed by atoms with Gasteiger partial charge in [0.25, 0.3) is 5.91 Å². The van der Waals surface area contributed by atoms with Crippen molar-refractivity contribution < 1.29 is 4.79 Å². The van der Waals surface area contributed by atoms with Gasteiger partial charge >= 0.3 is 0 Å². The Morgan fingerprint density at radius 2 is 2.57 bits per heavy atom. The third-order valence-electron chi connectivity index (χ3n) is 2.68. The quantitative estimate of drug-likeness (QED) is 0.742. The van der Waals surface area contributed by atoms with Crippen LogP contribution in [0.2, 0.25) is 0 Å². The van der Waals surface area contributed by atoms with Crippen molar-refractivity contribution >= 4 is 5.91 Å². The fourth-order valence-electron chi connectivity index (χ4n) is 1.70. The van der Waals surface area contributed by atoms with Crippen LogP contribution in [0.1, 0.15) is 30.3 Å². The van der Waals surface area contributed by atoms with Gasteiger partial charge in [-0.25, -0.2) is 0 Å². The van der Waals surface area contributed by atoms with E-state index < -0.39 is 5.91 Å². The van der Waals surface area contributed by atoms with Crippen LogP contribution in [-0.4, -0.2) is 28.4 Å². The Morgan fingerprint density at radius 3 is 3.00 bits per heavy atom. The van der Waals surface area contributed by atoms with Crippen LogP contribution in [0, 0.1) is 0 Å². The van der Waals surface area contributed by atoms with Crippen molar-refractivity contribution in [2.24, 2.45) is 5.73 Å². The Bertz CT molecular complexity index is 344. The lowest BCUT2D eigenvalue weighted by Gasteiger charge is -2.41. The maximum atomic E-state index is 10.8. The van der Waals surface area contributed by atoms with Crippen LogP contribution in [0.25, 0.3) is 0 Å². The molecule has 5 heteroatoms. The molecular weight excluding hydrogens is 180 g/mol. The lowest BCUT2D eigenvalue weighted by atomic mass is 10.0. The van der Waals surface area contributed by atoms with Crippen LogP contribution >= 0.6 is 0 Å². The Kier molecular flexibility index (Phi) is 2.15. The van der Waals surface area contributed by atoms with Gasteiger partial charge < -0.3 is 5.73 Å². The summed E-state index contributed by atoms with van der Waals surface area (Å²) in [7, 11) is 0. The second kappa shape index (κ2) is 3.32. The molecule has 1 unspecified atom stereocenters. The summed E-state index contributed by atoms with van der Waals surface area (Å²) in [4.78, 5) is 12.5. The molecule has 1 amide bonds. The van der Waals surface area contributed by atoms with Crippen molar-refractivity contribution in [3.63, 3.8) is 0 Å². The normalized spacial score (nSPS) is 20.6. The van der Waals surface area contributed by atoms with Gasteiger partial charge in [-0.3, -0.25) is 9.80 Å². The van der Waals surface area contributed by atoms with Crippen LogP contribution in [0.15, 0.2) is 12.3 Å². The maximum Gasteiger partial charge on any atom is 0.269 e. The average Bonchev–Trinajstić information content (AvgIpc) is 2.52. The predicted octanol–water partition coefficient (Wildman–Crippen LogP) is 0.102. The number of nitrogens with zero attached hydrogens (tertiary/aromatic N) is 3. The van der Waals surface area contributed by atoms with Crippen molar-refractivity contribution in [2.75, 3.05) is 11.6 Å². The first kappa shape index (κ1) is 9.05. The molecule has 2 heterocycles. The number of aromatic nitrogens is 2. The van der Waals surface area contributed by atoms with Gasteiger partial charge in [0, 0.05) is 18.8 Å². The minimum absolute atomic E-state index is 0.326. The van der Waals surface area contributed by atoms with Gasteiger partial charge in [0.15, 0.2) is 5.69 Å². The van der Waals surface area contributed by atoms with E-state index in [0.717, 1.165) is 13.0 Å². The molecule has 1 aromatic heterocycles. The smallest absolute Gasteiger partial charge is 0.269 e. The van der Waals surface area contributed by atoms with E-state index in [2.05, 4.69) is 17.0 Å². The molecule has 2 rings (SSSR count). The number of carbonyl (C=O) groups is 1. The molecule has 0 saturated carbocycles. The summed E-state index contributed by atoms with van der Waals surface area (Å²) in [5.41, 5.74) is 5.45. The summed E-state index contributed by atoms with van der Waals surface area (Å²) in [5, 5.41) is 6.23. The minimum Gasteiger partial charge on any atom is -0.364 e. The van der Waals surface area contributed by atoms with Gasteiger partial charge in [-0.2, -0.15) is 4.79 Å². The Labute approximate surface area is 82.5 Å². The summed E-state index contributed by atoms with van der Waals surface area (Å²) in [6, 6.07) is 2.20. The third kappa shape index (κ3) is 1.34. The maximum absolute atomic E-state index is 10.8. The molecule has 0 bridgehead atoms. The van der Waals surface area contributed by atoms with E-state index in [4.69, 9.17) is 5.73 Å². The van der Waals surface area contributed by atoms with Crippen molar-refractivity contribution in [1.29, 1.82) is 0 Å². The molecule has 1 saturated heterocycles. The molecule has 76 valence electrons. The van der Waals surface area contributed by atoms with Crippen LogP contribution in [0.3, 0.4) is 0 Å². The number of hydrogen-bond donors (Lipinski definition) is 1. The summed E-state index contributed by atoms with van der Waals surface area (Å²) >= 11 is 0. The first-order valence-electron chi connectivity index (χ1n) is 4.84. The Morgan fingerprint density at radius 1 is 1.79 bits per heavy atom. The summed E-state index contributed by atoms with van der Waals surface area (Å²) < 4.78 is 0. The van der Waals surface area contributed by atoms with Gasteiger partial charge in [0.1, 0.15) is 0 Å². The van der Waals surface area contributed by atoms with Gasteiger partial charge in [-0.15, -0.1) is 5.10 Å². The number of amides is 1. The lowest BCUT2D eigenvalue weighted by molar-refractivity contribution is 0.0994. The molecule has 0 radical (unpaired) electrons. The summed E-state index contributed by atoms with van der Waals surface area (Å²) in [6.45, 7) is 3.15. The van der Waals surface area contributed by atoms with E-state index in [1.54, 1.807) is 17.1 Å². The number of hydrogen-bond acceptors (Lipinski definition) is 3. The number of primary amides is 1. The molecule has 1 fully saturated rings. The number of nitrogens with two attached hydrogens (primary N) is 1. The average molecular weight is 194 g/mol. The van der Waals surface area contributed by atoms with E-state index in [1.165, 1.54) is 6.42 Å². The fraction of sp³-hybridized carbons (Fsp3) is 0.556. The highest BCUT2D eigenvalue weighted by atomic mass is 16.1. The first-order chi connectivity index (χ1) is 6.72. The van der Waals surface area contributed by atoms with E-state index in [0.29, 0.717) is 11.7 Å². The zero-order valence-corrected chi connectivity index (χ0v) is 8.18. The second-order valence-corrected chi connectivity index (χ2v) is 3.50. The monoisotopic (exact) mass is 194 g/mol. The van der Waals surface area contributed by atoms with Crippen molar-refractivity contribution in [3.8, 4) is 0 Å². The van der Waals surface area contributed by atoms with Crippen molar-refractivity contribution in [3.05, 3.63) is 18.0 Å². The molecule has 0 spiro atoms. The molecule has 1 atom stereocenters. The Balaban J connectivity index is 2.13. The number of carbonyl (C=O) groups excluding carboxylic acids is 1. The highest BCUT2D eigenvalue weighted by molar-refractivity contribution is 5.90. The zero-order chi connectivity index (χ0) is 10.1. The third-order valence-corrected chi connectivity index (χ3v) is 2.68. The molecule has 0 aliphatic carbocycles. The summed E-state index contributed by atoms with van der Waals surface area (Å²) in [6.07, 6.45) is 4.08. The van der Waals surface area contributed by atoms with Gasteiger partial charge in [0.2, 0.25) is 0 Å². The molecule has 1 aromatic rings. The van der Waals surface area contributed by atoms with Crippen LogP contribution in [-0.2, 0) is 0 Å². The molecule has 0 aromatic carbocycles. The molecule has 2 N–H and O–H groups in total. The van der Waals surface area contributed by atoms with Crippen LogP contribution in [0.4, 0.5) is 0 Å². The van der Waals surface area contributed by atoms with Crippen molar-refractivity contribution in [2.45, 2.75) is 25.8 Å². The van der Waals surface area contributed by atoms with Crippen molar-refractivity contribution in [1.82, 2.24) is 9.89 Å². The highest BCUT2D eigenvalue weighted by Gasteiger charge is 2.27. The van der Waals surface area contributed by atoms with Crippen LogP contribution < -0.4 is 10.7 Å². The minimum atomic E-state index is -0.475. The highest BCUT2D eigenvalue weighted by Crippen LogP contribution is 2.17. The topological polar surface area (TPSA) is 64.2 Å². The number of rotatable bonds is 3. The largest absolute Gasteiger partial charge is 0.364 e.